The van der Waals surface area contributed by atoms with Crippen molar-refractivity contribution >= 4 is 25.8 Å². The molecule has 2 heterocycles. The molecule has 0 radical (unpaired) electrons. The molecule has 0 saturated carbocycles. The third kappa shape index (κ3) is 2.74. The molecule has 1 aromatic rings. The van der Waals surface area contributed by atoms with Gasteiger partial charge >= 0.3 is 0 Å². The van der Waals surface area contributed by atoms with Gasteiger partial charge in [0.15, 0.2) is 9.84 Å². The van der Waals surface area contributed by atoms with Gasteiger partial charge in [-0.25, -0.2) is 8.42 Å². The average Bonchev–Trinajstić information content (AvgIpc) is 2.73. The molecule has 1 aromatic carbocycles. The smallest absolute Gasteiger partial charge is 0.154 e. The summed E-state index contributed by atoms with van der Waals surface area (Å²) < 4.78 is 30.3. The molecule has 3 nitrogen and oxygen atoms in total. The molecule has 1 saturated heterocycles. The van der Waals surface area contributed by atoms with Crippen LogP contribution in [0.2, 0.25) is 0 Å². The standard InChI is InChI=1S/C16H21BrO3S/c1-16(2)10-20-13-7-6-11(9-12(13)16)15(17)14-5-3-4-8-21(14,18)19/h6-7,9,14-15H,3-5,8,10H2,1-2H3. The lowest BCUT2D eigenvalue weighted by molar-refractivity contribution is 0.291. The van der Waals surface area contributed by atoms with Crippen molar-refractivity contribution in [2.45, 2.75) is 48.6 Å². The first-order valence-corrected chi connectivity index (χ1v) is 10.1. The number of halogens is 1. The van der Waals surface area contributed by atoms with Crippen LogP contribution in [0.15, 0.2) is 18.2 Å². The fourth-order valence-corrected chi connectivity index (χ4v) is 6.72. The Kier molecular flexibility index (Phi) is 3.85. The third-order valence-electron chi connectivity index (χ3n) is 4.59. The van der Waals surface area contributed by atoms with Gasteiger partial charge in [0.2, 0.25) is 0 Å². The van der Waals surface area contributed by atoms with Crippen LogP contribution in [0, 0.1) is 0 Å². The van der Waals surface area contributed by atoms with Crippen molar-refractivity contribution in [2.24, 2.45) is 0 Å². The lowest BCUT2D eigenvalue weighted by Crippen LogP contribution is -2.31. The van der Waals surface area contributed by atoms with E-state index in [1.807, 2.05) is 12.1 Å². The summed E-state index contributed by atoms with van der Waals surface area (Å²) >= 11 is 3.65. The van der Waals surface area contributed by atoms with Gasteiger partial charge in [-0.1, -0.05) is 48.3 Å². The summed E-state index contributed by atoms with van der Waals surface area (Å²) in [5.74, 6) is 1.24. The molecule has 0 amide bonds. The molecule has 116 valence electrons. The number of fused-ring (bicyclic) bond motifs is 1. The summed E-state index contributed by atoms with van der Waals surface area (Å²) in [7, 11) is -2.99. The Bertz CT molecular complexity index is 651. The average molecular weight is 373 g/mol. The van der Waals surface area contributed by atoms with Gasteiger partial charge in [-0.3, -0.25) is 0 Å². The zero-order valence-corrected chi connectivity index (χ0v) is 14.8. The van der Waals surface area contributed by atoms with E-state index in [4.69, 9.17) is 4.74 Å². The van der Waals surface area contributed by atoms with Crippen LogP contribution in [0.5, 0.6) is 5.75 Å². The van der Waals surface area contributed by atoms with Crippen molar-refractivity contribution in [1.29, 1.82) is 0 Å². The zero-order chi connectivity index (χ0) is 15.3. The van der Waals surface area contributed by atoms with Gasteiger partial charge in [-0.2, -0.15) is 0 Å². The molecule has 2 aliphatic heterocycles. The number of ether oxygens (including phenoxy) is 1. The molecule has 3 rings (SSSR count). The van der Waals surface area contributed by atoms with Crippen LogP contribution in [-0.2, 0) is 15.3 Å². The van der Waals surface area contributed by atoms with Crippen LogP contribution in [-0.4, -0.2) is 26.0 Å². The molecule has 0 aliphatic carbocycles. The van der Waals surface area contributed by atoms with E-state index in [-0.39, 0.29) is 15.5 Å². The van der Waals surface area contributed by atoms with Gasteiger partial charge in [-0.05, 0) is 24.5 Å². The van der Waals surface area contributed by atoms with Crippen LogP contribution in [0.4, 0.5) is 0 Å². The molecule has 2 atom stereocenters. The van der Waals surface area contributed by atoms with Gasteiger partial charge in [0, 0.05) is 11.0 Å². The minimum atomic E-state index is -2.99. The van der Waals surface area contributed by atoms with Crippen molar-refractivity contribution < 1.29 is 13.2 Å². The molecule has 0 aromatic heterocycles. The summed E-state index contributed by atoms with van der Waals surface area (Å²) in [4.78, 5) is -0.135. The fraction of sp³-hybridized carbons (Fsp3) is 0.625. The van der Waals surface area contributed by atoms with E-state index < -0.39 is 9.84 Å². The maximum Gasteiger partial charge on any atom is 0.154 e. The number of hydrogen-bond acceptors (Lipinski definition) is 3. The minimum absolute atomic E-state index is 0.0104. The maximum atomic E-state index is 12.3. The van der Waals surface area contributed by atoms with Gasteiger partial charge in [0.1, 0.15) is 5.75 Å². The third-order valence-corrected chi connectivity index (χ3v) is 8.40. The van der Waals surface area contributed by atoms with Gasteiger partial charge in [0.25, 0.3) is 0 Å². The summed E-state index contributed by atoms with van der Waals surface area (Å²) in [5, 5.41) is -0.310. The molecule has 21 heavy (non-hydrogen) atoms. The predicted octanol–water partition coefficient (Wildman–Crippen LogP) is 3.76. The van der Waals surface area contributed by atoms with E-state index in [1.54, 1.807) is 0 Å². The minimum Gasteiger partial charge on any atom is -0.492 e. The largest absolute Gasteiger partial charge is 0.492 e. The van der Waals surface area contributed by atoms with Crippen molar-refractivity contribution in [3.63, 3.8) is 0 Å². The molecule has 2 aliphatic rings. The molecular formula is C16H21BrO3S. The first kappa shape index (κ1) is 15.3. The molecule has 5 heteroatoms. The highest BCUT2D eigenvalue weighted by atomic mass is 79.9. The van der Waals surface area contributed by atoms with E-state index in [9.17, 15) is 8.42 Å². The Morgan fingerprint density at radius 3 is 2.81 bits per heavy atom. The highest BCUT2D eigenvalue weighted by Gasteiger charge is 2.37. The first-order valence-electron chi connectivity index (χ1n) is 7.44. The fourth-order valence-electron chi connectivity index (χ4n) is 3.23. The maximum absolute atomic E-state index is 12.3. The van der Waals surface area contributed by atoms with E-state index in [0.717, 1.165) is 30.6 Å². The monoisotopic (exact) mass is 372 g/mol. The SMILES string of the molecule is CC1(C)COc2ccc(C(Br)C3CCCCS3(=O)=O)cc21. The number of rotatable bonds is 2. The zero-order valence-electron chi connectivity index (χ0n) is 12.4. The molecular weight excluding hydrogens is 352 g/mol. The van der Waals surface area contributed by atoms with E-state index in [2.05, 4.69) is 35.8 Å². The van der Waals surface area contributed by atoms with E-state index in [1.165, 1.54) is 5.56 Å². The summed E-state index contributed by atoms with van der Waals surface area (Å²) in [6.45, 7) is 4.99. The van der Waals surface area contributed by atoms with Crippen molar-refractivity contribution in [2.75, 3.05) is 12.4 Å². The number of hydrogen-bond donors (Lipinski definition) is 0. The van der Waals surface area contributed by atoms with Crippen LogP contribution in [0.25, 0.3) is 0 Å². The number of alkyl halides is 1. The second-order valence-corrected chi connectivity index (χ2v) is 10.1. The van der Waals surface area contributed by atoms with Crippen molar-refractivity contribution in [1.82, 2.24) is 0 Å². The van der Waals surface area contributed by atoms with Crippen LogP contribution in [0.3, 0.4) is 0 Å². The number of benzene rings is 1. The van der Waals surface area contributed by atoms with Crippen LogP contribution in [0.1, 0.15) is 49.1 Å². The Balaban J connectivity index is 1.94. The number of sulfone groups is 1. The second-order valence-electron chi connectivity index (χ2n) is 6.73. The summed E-state index contributed by atoms with van der Waals surface area (Å²) in [6, 6.07) is 6.08. The molecule has 0 spiro atoms. The molecule has 1 fully saturated rings. The predicted molar refractivity (Wildman–Crippen MR) is 88.1 cm³/mol. The molecule has 0 bridgehead atoms. The first-order chi connectivity index (χ1) is 9.81. The molecule has 0 N–H and O–H groups in total. The summed E-state index contributed by atoms with van der Waals surface area (Å²) in [6.07, 6.45) is 2.53. The highest BCUT2D eigenvalue weighted by molar-refractivity contribution is 9.09. The Morgan fingerprint density at radius 2 is 2.10 bits per heavy atom. The van der Waals surface area contributed by atoms with Gasteiger partial charge < -0.3 is 4.74 Å². The van der Waals surface area contributed by atoms with Gasteiger partial charge in [0.05, 0.1) is 22.4 Å². The Hall–Kier alpha value is -0.550. The lowest BCUT2D eigenvalue weighted by Gasteiger charge is -2.27. The van der Waals surface area contributed by atoms with E-state index in [0.29, 0.717) is 12.4 Å². The van der Waals surface area contributed by atoms with Crippen LogP contribution >= 0.6 is 15.9 Å². The normalized spacial score (nSPS) is 27.7. The quantitative estimate of drug-likeness (QED) is 0.742. The Labute approximate surface area is 135 Å². The van der Waals surface area contributed by atoms with Gasteiger partial charge in [-0.15, -0.1) is 0 Å². The second kappa shape index (κ2) is 5.27. The van der Waals surface area contributed by atoms with Crippen molar-refractivity contribution in [3.8, 4) is 5.75 Å². The van der Waals surface area contributed by atoms with Crippen molar-refractivity contribution in [3.05, 3.63) is 29.3 Å². The van der Waals surface area contributed by atoms with E-state index >= 15 is 0 Å². The topological polar surface area (TPSA) is 43.4 Å². The lowest BCUT2D eigenvalue weighted by atomic mass is 9.85. The van der Waals surface area contributed by atoms with Crippen LogP contribution < -0.4 is 4.74 Å². The molecule has 2 unspecified atom stereocenters. The highest BCUT2D eigenvalue weighted by Crippen LogP contribution is 2.43. The summed E-state index contributed by atoms with van der Waals surface area (Å²) in [5.41, 5.74) is 2.21. The Morgan fingerprint density at radius 1 is 1.33 bits per heavy atom.